The van der Waals surface area contributed by atoms with Crippen molar-refractivity contribution < 1.29 is 23.9 Å². The number of hydrogen-bond acceptors (Lipinski definition) is 6. The second-order valence-corrected chi connectivity index (χ2v) is 6.89. The molecule has 4 heterocycles. The lowest BCUT2D eigenvalue weighted by Gasteiger charge is -2.34. The Bertz CT molecular complexity index is 739. The molecule has 0 radical (unpaired) electrons. The van der Waals surface area contributed by atoms with Crippen molar-refractivity contribution >= 4 is 29.2 Å². The zero-order valence-corrected chi connectivity index (χ0v) is 14.2. The number of urea groups is 1. The van der Waals surface area contributed by atoms with Crippen molar-refractivity contribution in [3.8, 4) is 0 Å². The van der Waals surface area contributed by atoms with Crippen LogP contribution in [0.15, 0.2) is 28.8 Å². The molecule has 1 aromatic heterocycles. The molecule has 1 aromatic rings. The number of nitrogens with one attached hydrogen (secondary N) is 1. The lowest BCUT2D eigenvalue weighted by molar-refractivity contribution is -0.136. The summed E-state index contributed by atoms with van der Waals surface area (Å²) < 4.78 is 10.4. The number of morpholine rings is 1. The van der Waals surface area contributed by atoms with Crippen LogP contribution in [-0.4, -0.2) is 67.2 Å². The van der Waals surface area contributed by atoms with Crippen molar-refractivity contribution in [2.24, 2.45) is 0 Å². The van der Waals surface area contributed by atoms with Gasteiger partial charge in [0, 0.05) is 18.0 Å². The molecule has 9 heteroatoms. The van der Waals surface area contributed by atoms with E-state index in [-0.39, 0.29) is 19.1 Å². The van der Waals surface area contributed by atoms with Gasteiger partial charge in [0.05, 0.1) is 30.5 Å². The van der Waals surface area contributed by atoms with Crippen LogP contribution in [0.2, 0.25) is 0 Å². The quantitative estimate of drug-likeness (QED) is 0.790. The fourth-order valence-electron chi connectivity index (χ4n) is 3.20. The highest BCUT2D eigenvalue weighted by atomic mass is 32.1. The van der Waals surface area contributed by atoms with Gasteiger partial charge < -0.3 is 19.7 Å². The highest BCUT2D eigenvalue weighted by Crippen LogP contribution is 2.36. The normalized spacial score (nSPS) is 23.4. The largest absolute Gasteiger partial charge is 0.456 e. The Hall–Kier alpha value is -2.39. The smallest absolute Gasteiger partial charge is 0.338 e. The van der Waals surface area contributed by atoms with Crippen LogP contribution in [0.1, 0.15) is 10.9 Å². The Morgan fingerprint density at radius 3 is 2.84 bits per heavy atom. The van der Waals surface area contributed by atoms with E-state index in [1.165, 1.54) is 16.2 Å². The maximum atomic E-state index is 12.6. The minimum Gasteiger partial charge on any atom is -0.456 e. The molecule has 0 saturated carbocycles. The topological polar surface area (TPSA) is 88.2 Å². The van der Waals surface area contributed by atoms with Gasteiger partial charge in [-0.05, 0) is 11.4 Å². The predicted molar refractivity (Wildman–Crippen MR) is 87.7 cm³/mol. The summed E-state index contributed by atoms with van der Waals surface area (Å²) in [6.07, 6.45) is 0. The summed E-state index contributed by atoms with van der Waals surface area (Å²) in [7, 11) is 0. The van der Waals surface area contributed by atoms with Gasteiger partial charge >= 0.3 is 12.0 Å². The SMILES string of the molecule is O=C1OCC2=C1C(c1cccs1)NC(=O)N2CC(=O)N1CCOCC1. The van der Waals surface area contributed by atoms with Crippen molar-refractivity contribution in [2.45, 2.75) is 6.04 Å². The van der Waals surface area contributed by atoms with E-state index in [1.807, 2.05) is 17.5 Å². The Morgan fingerprint density at radius 1 is 1.32 bits per heavy atom. The number of nitrogens with zero attached hydrogens (tertiary/aromatic N) is 2. The molecule has 0 spiro atoms. The molecule has 3 aliphatic heterocycles. The third-order valence-electron chi connectivity index (χ3n) is 4.48. The lowest BCUT2D eigenvalue weighted by atomic mass is 10.0. The first kappa shape index (κ1) is 16.1. The van der Waals surface area contributed by atoms with E-state index in [2.05, 4.69) is 5.32 Å². The molecule has 132 valence electrons. The summed E-state index contributed by atoms with van der Waals surface area (Å²) in [5, 5.41) is 4.71. The number of hydrogen-bond donors (Lipinski definition) is 1. The Morgan fingerprint density at radius 2 is 2.12 bits per heavy atom. The number of rotatable bonds is 3. The van der Waals surface area contributed by atoms with Crippen LogP contribution >= 0.6 is 11.3 Å². The van der Waals surface area contributed by atoms with Gasteiger partial charge in [-0.15, -0.1) is 11.3 Å². The van der Waals surface area contributed by atoms with Crippen LogP contribution in [0.25, 0.3) is 0 Å². The molecule has 0 aliphatic carbocycles. The third kappa shape index (κ3) is 2.89. The summed E-state index contributed by atoms with van der Waals surface area (Å²) in [4.78, 5) is 41.1. The number of ether oxygens (including phenoxy) is 2. The minimum absolute atomic E-state index is 0.0137. The Labute approximate surface area is 148 Å². The molecule has 8 nitrogen and oxygen atoms in total. The Kier molecular flexibility index (Phi) is 4.18. The second kappa shape index (κ2) is 6.49. The summed E-state index contributed by atoms with van der Waals surface area (Å²) in [5.41, 5.74) is 0.894. The van der Waals surface area contributed by atoms with Crippen molar-refractivity contribution in [3.63, 3.8) is 0 Å². The zero-order valence-electron chi connectivity index (χ0n) is 13.4. The third-order valence-corrected chi connectivity index (χ3v) is 5.42. The number of carbonyl (C=O) groups excluding carboxylic acids is 3. The average Bonchev–Trinajstić information content (AvgIpc) is 3.28. The highest BCUT2D eigenvalue weighted by Gasteiger charge is 2.43. The van der Waals surface area contributed by atoms with Crippen LogP contribution in [0.5, 0.6) is 0 Å². The number of esters is 1. The fraction of sp³-hybridized carbons (Fsp3) is 0.438. The van der Waals surface area contributed by atoms with Crippen molar-refractivity contribution in [1.82, 2.24) is 15.1 Å². The number of cyclic esters (lactones) is 1. The van der Waals surface area contributed by atoms with Crippen LogP contribution < -0.4 is 5.32 Å². The van der Waals surface area contributed by atoms with Crippen molar-refractivity contribution in [1.29, 1.82) is 0 Å². The first-order chi connectivity index (χ1) is 12.1. The van der Waals surface area contributed by atoms with Crippen LogP contribution in [0.3, 0.4) is 0 Å². The molecule has 0 aromatic carbocycles. The van der Waals surface area contributed by atoms with E-state index in [0.717, 1.165) is 4.88 Å². The molecule has 1 saturated heterocycles. The maximum absolute atomic E-state index is 12.6. The molecule has 4 rings (SSSR count). The number of thiophene rings is 1. The monoisotopic (exact) mass is 363 g/mol. The van der Waals surface area contributed by atoms with Crippen molar-refractivity contribution in [2.75, 3.05) is 39.5 Å². The first-order valence-corrected chi connectivity index (χ1v) is 8.90. The number of amides is 3. The molecule has 0 bridgehead atoms. The summed E-state index contributed by atoms with van der Waals surface area (Å²) in [5.74, 6) is -0.614. The molecule has 3 aliphatic rings. The van der Waals surface area contributed by atoms with Crippen LogP contribution in [0.4, 0.5) is 4.79 Å². The van der Waals surface area contributed by atoms with E-state index >= 15 is 0 Å². The molecule has 1 unspecified atom stereocenters. The first-order valence-electron chi connectivity index (χ1n) is 8.02. The summed E-state index contributed by atoms with van der Waals surface area (Å²) >= 11 is 1.46. The highest BCUT2D eigenvalue weighted by molar-refractivity contribution is 7.10. The summed E-state index contributed by atoms with van der Waals surface area (Å²) in [6, 6.07) is 2.81. The fourth-order valence-corrected chi connectivity index (χ4v) is 3.98. The van der Waals surface area contributed by atoms with Gasteiger partial charge in [0.15, 0.2) is 0 Å². The van der Waals surface area contributed by atoms with E-state index in [0.29, 0.717) is 37.6 Å². The molecule has 1 N–H and O–H groups in total. The van der Waals surface area contributed by atoms with E-state index in [9.17, 15) is 14.4 Å². The molecule has 3 amide bonds. The Balaban J connectivity index is 1.60. The lowest BCUT2D eigenvalue weighted by Crippen LogP contribution is -2.52. The predicted octanol–water partition coefficient (Wildman–Crippen LogP) is 0.484. The van der Waals surface area contributed by atoms with Crippen LogP contribution in [-0.2, 0) is 19.1 Å². The van der Waals surface area contributed by atoms with E-state index < -0.39 is 18.0 Å². The molecule has 1 fully saturated rings. The van der Waals surface area contributed by atoms with E-state index in [1.54, 1.807) is 4.90 Å². The van der Waals surface area contributed by atoms with Gasteiger partial charge in [-0.25, -0.2) is 9.59 Å². The van der Waals surface area contributed by atoms with Gasteiger partial charge in [0.2, 0.25) is 5.91 Å². The molecule has 1 atom stereocenters. The second-order valence-electron chi connectivity index (χ2n) is 5.91. The molecule has 25 heavy (non-hydrogen) atoms. The molecular weight excluding hydrogens is 346 g/mol. The van der Waals surface area contributed by atoms with Gasteiger partial charge in [-0.2, -0.15) is 0 Å². The average molecular weight is 363 g/mol. The zero-order chi connectivity index (χ0) is 17.4. The maximum Gasteiger partial charge on any atom is 0.338 e. The van der Waals surface area contributed by atoms with Gasteiger partial charge in [0.25, 0.3) is 0 Å². The summed E-state index contributed by atoms with van der Waals surface area (Å²) in [6.45, 7) is 1.90. The minimum atomic E-state index is -0.521. The standard InChI is InChI=1S/C16H17N3O5S/c20-12(18-3-5-23-6-4-18)8-19-10-9-24-15(21)13(10)14(17-16(19)22)11-2-1-7-25-11/h1-2,7,14H,3-6,8-9H2,(H,17,22). The van der Waals surface area contributed by atoms with Gasteiger partial charge in [-0.1, -0.05) is 6.07 Å². The molecular formula is C16H17N3O5S. The van der Waals surface area contributed by atoms with Crippen LogP contribution in [0, 0.1) is 0 Å². The van der Waals surface area contributed by atoms with Crippen molar-refractivity contribution in [3.05, 3.63) is 33.7 Å². The van der Waals surface area contributed by atoms with E-state index in [4.69, 9.17) is 9.47 Å². The van der Waals surface area contributed by atoms with Gasteiger partial charge in [0.1, 0.15) is 13.2 Å². The number of carbonyl (C=O) groups is 3. The van der Waals surface area contributed by atoms with Gasteiger partial charge in [-0.3, -0.25) is 9.69 Å².